The highest BCUT2D eigenvalue weighted by Crippen LogP contribution is 2.24. The van der Waals surface area contributed by atoms with Gasteiger partial charge in [-0.3, -0.25) is 4.79 Å². The van der Waals surface area contributed by atoms with Gasteiger partial charge in [0.25, 0.3) is 0 Å². The van der Waals surface area contributed by atoms with Crippen LogP contribution in [-0.4, -0.2) is 6.29 Å². The molecule has 0 aliphatic heterocycles. The molecule has 0 saturated heterocycles. The number of halogens is 1. The number of fused-ring (bicyclic) bond motifs is 1. The summed E-state index contributed by atoms with van der Waals surface area (Å²) in [7, 11) is 0. The molecule has 1 aliphatic carbocycles. The Labute approximate surface area is 117 Å². The Kier molecular flexibility index (Phi) is 3.50. The predicted molar refractivity (Wildman–Crippen MR) is 74.6 cm³/mol. The van der Waals surface area contributed by atoms with E-state index in [-0.39, 0.29) is 5.56 Å². The Morgan fingerprint density at radius 1 is 1.10 bits per heavy atom. The molecule has 0 radical (unpaired) electrons. The van der Waals surface area contributed by atoms with Crippen molar-refractivity contribution in [2.24, 2.45) is 0 Å². The topological polar surface area (TPSA) is 26.3 Å². The normalized spacial score (nSPS) is 13.1. The molecule has 2 aromatic rings. The molecule has 0 spiro atoms. The molecule has 0 unspecified atom stereocenters. The van der Waals surface area contributed by atoms with E-state index in [0.29, 0.717) is 18.6 Å². The molecule has 0 amide bonds. The summed E-state index contributed by atoms with van der Waals surface area (Å²) in [6.45, 7) is 0.389. The smallest absolute Gasteiger partial charge is 0.153 e. The number of benzene rings is 2. The van der Waals surface area contributed by atoms with Crippen LogP contribution in [0.3, 0.4) is 0 Å². The molecule has 0 heterocycles. The average Bonchev–Trinajstić information content (AvgIpc) is 2.93. The van der Waals surface area contributed by atoms with E-state index in [1.165, 1.54) is 35.7 Å². The minimum absolute atomic E-state index is 0.242. The number of carbonyl (C=O) groups excluding carboxylic acids is 1. The van der Waals surface area contributed by atoms with Gasteiger partial charge in [0, 0.05) is 0 Å². The third-order valence-electron chi connectivity index (χ3n) is 3.66. The minimum Gasteiger partial charge on any atom is -0.488 e. The van der Waals surface area contributed by atoms with Crippen molar-refractivity contribution in [2.45, 2.75) is 25.9 Å². The molecular weight excluding hydrogens is 255 g/mol. The molecule has 0 atom stereocenters. The quantitative estimate of drug-likeness (QED) is 0.792. The SMILES string of the molecule is O=Cc1cc(F)ccc1OCc1ccc2c(c1)CCC2. The van der Waals surface area contributed by atoms with E-state index in [9.17, 15) is 9.18 Å². The molecule has 3 rings (SSSR count). The highest BCUT2D eigenvalue weighted by molar-refractivity contribution is 5.79. The molecule has 0 aromatic heterocycles. The molecule has 0 N–H and O–H groups in total. The first-order valence-corrected chi connectivity index (χ1v) is 6.74. The van der Waals surface area contributed by atoms with Gasteiger partial charge in [-0.2, -0.15) is 0 Å². The average molecular weight is 270 g/mol. The van der Waals surface area contributed by atoms with Crippen molar-refractivity contribution in [3.05, 3.63) is 64.5 Å². The Bertz CT molecular complexity index is 649. The Morgan fingerprint density at radius 3 is 2.80 bits per heavy atom. The fourth-order valence-electron chi connectivity index (χ4n) is 2.62. The van der Waals surface area contributed by atoms with Crippen LogP contribution in [0.4, 0.5) is 4.39 Å². The standard InChI is InChI=1S/C17H15FO2/c18-16-6-7-17(15(9-16)10-19)20-11-12-4-5-13-2-1-3-14(13)8-12/h4-10H,1-3,11H2. The van der Waals surface area contributed by atoms with Crippen molar-refractivity contribution in [2.75, 3.05) is 0 Å². The van der Waals surface area contributed by atoms with Crippen LogP contribution in [0.25, 0.3) is 0 Å². The first-order chi connectivity index (χ1) is 9.76. The highest BCUT2D eigenvalue weighted by atomic mass is 19.1. The van der Waals surface area contributed by atoms with E-state index in [1.807, 2.05) is 6.07 Å². The highest BCUT2D eigenvalue weighted by Gasteiger charge is 2.11. The van der Waals surface area contributed by atoms with Crippen LogP contribution in [0.5, 0.6) is 5.75 Å². The predicted octanol–water partition coefficient (Wildman–Crippen LogP) is 3.71. The molecule has 0 fully saturated rings. The summed E-state index contributed by atoms with van der Waals surface area (Å²) in [6.07, 6.45) is 4.11. The molecule has 102 valence electrons. The molecular formula is C17H15FO2. The third kappa shape index (κ3) is 2.57. The van der Waals surface area contributed by atoms with E-state index in [2.05, 4.69) is 12.1 Å². The van der Waals surface area contributed by atoms with E-state index in [4.69, 9.17) is 4.74 Å². The number of rotatable bonds is 4. The second-order valence-corrected chi connectivity index (χ2v) is 5.05. The van der Waals surface area contributed by atoms with Crippen molar-refractivity contribution in [1.82, 2.24) is 0 Å². The summed E-state index contributed by atoms with van der Waals surface area (Å²) in [6, 6.07) is 10.3. The maximum Gasteiger partial charge on any atom is 0.153 e. The van der Waals surface area contributed by atoms with Crippen molar-refractivity contribution in [3.63, 3.8) is 0 Å². The van der Waals surface area contributed by atoms with E-state index >= 15 is 0 Å². The molecule has 1 aliphatic rings. The van der Waals surface area contributed by atoms with Crippen molar-refractivity contribution in [1.29, 1.82) is 0 Å². The monoisotopic (exact) mass is 270 g/mol. The third-order valence-corrected chi connectivity index (χ3v) is 3.66. The van der Waals surface area contributed by atoms with Crippen molar-refractivity contribution in [3.8, 4) is 5.75 Å². The number of carbonyl (C=O) groups is 1. The fraction of sp³-hybridized carbons (Fsp3) is 0.235. The van der Waals surface area contributed by atoms with Gasteiger partial charge in [-0.15, -0.1) is 0 Å². The lowest BCUT2D eigenvalue weighted by Gasteiger charge is -2.09. The van der Waals surface area contributed by atoms with E-state index in [0.717, 1.165) is 18.4 Å². The first-order valence-electron chi connectivity index (χ1n) is 6.74. The van der Waals surface area contributed by atoms with Gasteiger partial charge in [0.15, 0.2) is 6.29 Å². The Hall–Kier alpha value is -2.16. The summed E-state index contributed by atoms with van der Waals surface area (Å²) in [5.41, 5.74) is 4.13. The zero-order valence-electron chi connectivity index (χ0n) is 11.1. The molecule has 3 heteroatoms. The Balaban J connectivity index is 1.75. The van der Waals surface area contributed by atoms with Crippen molar-refractivity contribution < 1.29 is 13.9 Å². The summed E-state index contributed by atoms with van der Waals surface area (Å²) in [5, 5.41) is 0. The number of hydrogen-bond acceptors (Lipinski definition) is 2. The molecule has 2 nitrogen and oxygen atoms in total. The van der Waals surface area contributed by atoms with Gasteiger partial charge < -0.3 is 4.74 Å². The van der Waals surface area contributed by atoms with Gasteiger partial charge >= 0.3 is 0 Å². The molecule has 0 saturated carbocycles. The van der Waals surface area contributed by atoms with E-state index in [1.54, 1.807) is 0 Å². The van der Waals surface area contributed by atoms with Crippen LogP contribution in [0.1, 0.15) is 33.5 Å². The minimum atomic E-state index is -0.433. The van der Waals surface area contributed by atoms with Gasteiger partial charge in [-0.05, 0) is 54.2 Å². The largest absolute Gasteiger partial charge is 0.488 e. The summed E-state index contributed by atoms with van der Waals surface area (Å²) >= 11 is 0. The van der Waals surface area contributed by atoms with Crippen molar-refractivity contribution >= 4 is 6.29 Å². The summed E-state index contributed by atoms with van der Waals surface area (Å²) in [4.78, 5) is 10.9. The van der Waals surface area contributed by atoms with Crippen LogP contribution < -0.4 is 4.74 Å². The summed E-state index contributed by atoms with van der Waals surface area (Å²) < 4.78 is 18.7. The molecule has 2 aromatic carbocycles. The number of aryl methyl sites for hydroxylation is 2. The van der Waals surface area contributed by atoms with Crippen LogP contribution in [0.2, 0.25) is 0 Å². The second-order valence-electron chi connectivity index (χ2n) is 5.05. The number of ether oxygens (including phenoxy) is 1. The van der Waals surface area contributed by atoms with Gasteiger partial charge in [-0.25, -0.2) is 4.39 Å². The lowest BCUT2D eigenvalue weighted by atomic mass is 10.1. The zero-order valence-corrected chi connectivity index (χ0v) is 11.1. The molecule has 20 heavy (non-hydrogen) atoms. The Morgan fingerprint density at radius 2 is 1.95 bits per heavy atom. The van der Waals surface area contributed by atoms with Crippen LogP contribution in [-0.2, 0) is 19.4 Å². The van der Waals surface area contributed by atoms with Crippen LogP contribution >= 0.6 is 0 Å². The number of hydrogen-bond donors (Lipinski definition) is 0. The fourth-order valence-corrected chi connectivity index (χ4v) is 2.62. The lowest BCUT2D eigenvalue weighted by molar-refractivity contribution is 0.111. The second kappa shape index (κ2) is 5.45. The van der Waals surface area contributed by atoms with Crippen LogP contribution in [0.15, 0.2) is 36.4 Å². The van der Waals surface area contributed by atoms with Gasteiger partial charge in [0.05, 0.1) is 5.56 Å². The maximum atomic E-state index is 13.0. The van der Waals surface area contributed by atoms with Crippen LogP contribution in [0, 0.1) is 5.82 Å². The molecule has 0 bridgehead atoms. The van der Waals surface area contributed by atoms with Gasteiger partial charge in [0.2, 0.25) is 0 Å². The first kappa shape index (κ1) is 12.9. The van der Waals surface area contributed by atoms with E-state index < -0.39 is 5.82 Å². The zero-order chi connectivity index (χ0) is 13.9. The number of aldehydes is 1. The lowest BCUT2D eigenvalue weighted by Crippen LogP contribution is -1.99. The van der Waals surface area contributed by atoms with Gasteiger partial charge in [-0.1, -0.05) is 18.2 Å². The summed E-state index contributed by atoms with van der Waals surface area (Å²) in [5.74, 6) is -0.0149. The van der Waals surface area contributed by atoms with Gasteiger partial charge in [0.1, 0.15) is 18.2 Å². The maximum absolute atomic E-state index is 13.0.